The van der Waals surface area contributed by atoms with E-state index < -0.39 is 0 Å². The molecule has 0 aliphatic heterocycles. The standard InChI is InChI=1S/C16H20N2O3S/c1-5-20-15(19)11(4)22-16-18-17-14(21-16)13-8-6-12(7-9-13)10(2)3/h6-11H,5H2,1-4H3. The maximum Gasteiger partial charge on any atom is 0.319 e. The number of ether oxygens (including phenoxy) is 1. The second kappa shape index (κ2) is 7.45. The molecule has 1 aromatic heterocycles. The summed E-state index contributed by atoms with van der Waals surface area (Å²) in [6.07, 6.45) is 0. The molecular weight excluding hydrogens is 300 g/mol. The zero-order chi connectivity index (χ0) is 16.1. The van der Waals surface area contributed by atoms with E-state index in [1.165, 1.54) is 17.3 Å². The fourth-order valence-electron chi connectivity index (χ4n) is 1.84. The number of nitrogens with zero attached hydrogens (tertiary/aromatic N) is 2. The second-order valence-corrected chi connectivity index (χ2v) is 6.45. The van der Waals surface area contributed by atoms with E-state index in [1.807, 2.05) is 12.1 Å². The van der Waals surface area contributed by atoms with Crippen LogP contribution in [0.2, 0.25) is 0 Å². The lowest BCUT2D eigenvalue weighted by Crippen LogP contribution is -2.16. The van der Waals surface area contributed by atoms with E-state index in [1.54, 1.807) is 13.8 Å². The van der Waals surface area contributed by atoms with Gasteiger partial charge in [0.1, 0.15) is 5.25 Å². The van der Waals surface area contributed by atoms with Crippen molar-refractivity contribution in [3.63, 3.8) is 0 Å². The van der Waals surface area contributed by atoms with Gasteiger partial charge in [-0.2, -0.15) is 0 Å². The van der Waals surface area contributed by atoms with Gasteiger partial charge in [0.05, 0.1) is 6.61 Å². The van der Waals surface area contributed by atoms with Crippen LogP contribution in [0, 0.1) is 0 Å². The quantitative estimate of drug-likeness (QED) is 0.594. The summed E-state index contributed by atoms with van der Waals surface area (Å²) < 4.78 is 10.6. The number of thioether (sulfide) groups is 1. The molecule has 0 bridgehead atoms. The third kappa shape index (κ3) is 4.10. The van der Waals surface area contributed by atoms with Crippen LogP contribution < -0.4 is 0 Å². The molecule has 0 N–H and O–H groups in total. The number of carbonyl (C=O) groups is 1. The maximum atomic E-state index is 11.6. The van der Waals surface area contributed by atoms with Crippen molar-refractivity contribution in [2.24, 2.45) is 0 Å². The number of esters is 1. The van der Waals surface area contributed by atoms with E-state index in [0.29, 0.717) is 23.6 Å². The molecule has 22 heavy (non-hydrogen) atoms. The van der Waals surface area contributed by atoms with Gasteiger partial charge in [-0.3, -0.25) is 4.79 Å². The maximum absolute atomic E-state index is 11.6. The van der Waals surface area contributed by atoms with Crippen LogP contribution in [0.1, 0.15) is 39.2 Å². The first-order chi connectivity index (χ1) is 10.5. The Hall–Kier alpha value is -1.82. The monoisotopic (exact) mass is 320 g/mol. The normalized spacial score (nSPS) is 12.4. The van der Waals surface area contributed by atoms with Crippen LogP contribution in [0.5, 0.6) is 0 Å². The lowest BCUT2D eigenvalue weighted by Gasteiger charge is -2.06. The topological polar surface area (TPSA) is 65.2 Å². The fourth-order valence-corrected chi connectivity index (χ4v) is 2.53. The van der Waals surface area contributed by atoms with Gasteiger partial charge >= 0.3 is 5.97 Å². The minimum absolute atomic E-state index is 0.284. The smallest absolute Gasteiger partial charge is 0.319 e. The Bertz CT molecular complexity index is 623. The van der Waals surface area contributed by atoms with Crippen molar-refractivity contribution < 1.29 is 13.9 Å². The molecule has 2 rings (SSSR count). The van der Waals surface area contributed by atoms with Gasteiger partial charge < -0.3 is 9.15 Å². The number of rotatable bonds is 6. The SMILES string of the molecule is CCOC(=O)C(C)Sc1nnc(-c2ccc(C(C)C)cc2)o1. The average Bonchev–Trinajstić information content (AvgIpc) is 2.96. The molecule has 1 heterocycles. The largest absolute Gasteiger partial charge is 0.465 e. The van der Waals surface area contributed by atoms with Crippen LogP contribution in [0.4, 0.5) is 0 Å². The Morgan fingerprint density at radius 2 is 1.91 bits per heavy atom. The summed E-state index contributed by atoms with van der Waals surface area (Å²) >= 11 is 1.20. The van der Waals surface area contributed by atoms with Crippen LogP contribution >= 0.6 is 11.8 Å². The van der Waals surface area contributed by atoms with E-state index in [-0.39, 0.29) is 11.2 Å². The molecular formula is C16H20N2O3S. The number of benzene rings is 1. The molecule has 0 aliphatic carbocycles. The van der Waals surface area contributed by atoms with Gasteiger partial charge in [0.25, 0.3) is 5.22 Å². The predicted molar refractivity (Wildman–Crippen MR) is 85.8 cm³/mol. The molecule has 5 nitrogen and oxygen atoms in total. The molecule has 0 amide bonds. The highest BCUT2D eigenvalue weighted by Crippen LogP contribution is 2.27. The number of aromatic nitrogens is 2. The van der Waals surface area contributed by atoms with E-state index in [0.717, 1.165) is 5.56 Å². The van der Waals surface area contributed by atoms with Gasteiger partial charge in [-0.05, 0) is 37.5 Å². The molecule has 118 valence electrons. The Morgan fingerprint density at radius 3 is 2.50 bits per heavy atom. The minimum Gasteiger partial charge on any atom is -0.465 e. The summed E-state index contributed by atoms with van der Waals surface area (Å²) in [6.45, 7) is 8.19. The number of hydrogen-bond donors (Lipinski definition) is 0. The fraction of sp³-hybridized carbons (Fsp3) is 0.438. The van der Waals surface area contributed by atoms with Crippen LogP contribution in [-0.4, -0.2) is 28.0 Å². The predicted octanol–water partition coefficient (Wildman–Crippen LogP) is 3.90. The van der Waals surface area contributed by atoms with Crippen molar-refractivity contribution in [3.8, 4) is 11.5 Å². The van der Waals surface area contributed by atoms with Gasteiger partial charge in [0, 0.05) is 5.56 Å². The summed E-state index contributed by atoms with van der Waals surface area (Å²) in [4.78, 5) is 11.6. The molecule has 0 spiro atoms. The van der Waals surface area contributed by atoms with Crippen molar-refractivity contribution in [1.29, 1.82) is 0 Å². The summed E-state index contributed by atoms with van der Waals surface area (Å²) in [5.41, 5.74) is 2.13. The van der Waals surface area contributed by atoms with Crippen molar-refractivity contribution in [2.75, 3.05) is 6.61 Å². The van der Waals surface area contributed by atoms with Crippen LogP contribution in [0.15, 0.2) is 33.9 Å². The third-order valence-corrected chi connectivity index (χ3v) is 4.04. The molecule has 0 saturated carbocycles. The first-order valence-electron chi connectivity index (χ1n) is 7.28. The average molecular weight is 320 g/mol. The molecule has 0 radical (unpaired) electrons. The minimum atomic E-state index is -0.378. The number of hydrogen-bond acceptors (Lipinski definition) is 6. The Balaban J connectivity index is 2.06. The Kier molecular flexibility index (Phi) is 5.60. The van der Waals surface area contributed by atoms with E-state index in [4.69, 9.17) is 9.15 Å². The van der Waals surface area contributed by atoms with E-state index in [2.05, 4.69) is 36.2 Å². The third-order valence-electron chi connectivity index (χ3n) is 3.13. The van der Waals surface area contributed by atoms with Crippen molar-refractivity contribution in [1.82, 2.24) is 10.2 Å². The first kappa shape index (κ1) is 16.5. The molecule has 0 aliphatic rings. The van der Waals surface area contributed by atoms with Crippen molar-refractivity contribution in [3.05, 3.63) is 29.8 Å². The Labute approximate surface area is 134 Å². The molecule has 0 saturated heterocycles. The zero-order valence-corrected chi connectivity index (χ0v) is 14.0. The van der Waals surface area contributed by atoms with Crippen molar-refractivity contribution in [2.45, 2.75) is 44.1 Å². The number of carbonyl (C=O) groups excluding carboxylic acids is 1. The van der Waals surface area contributed by atoms with E-state index in [9.17, 15) is 4.79 Å². The van der Waals surface area contributed by atoms with Crippen LogP contribution in [-0.2, 0) is 9.53 Å². The summed E-state index contributed by atoms with van der Waals surface area (Å²) in [5, 5.41) is 7.99. The molecule has 6 heteroatoms. The molecule has 1 unspecified atom stereocenters. The van der Waals surface area contributed by atoms with Gasteiger partial charge in [0.15, 0.2) is 0 Å². The van der Waals surface area contributed by atoms with E-state index >= 15 is 0 Å². The summed E-state index contributed by atoms with van der Waals surface area (Å²) in [7, 11) is 0. The van der Waals surface area contributed by atoms with Crippen LogP contribution in [0.25, 0.3) is 11.5 Å². The molecule has 2 aromatic rings. The van der Waals surface area contributed by atoms with Crippen molar-refractivity contribution >= 4 is 17.7 Å². The summed E-state index contributed by atoms with van der Waals surface area (Å²) in [6, 6.07) is 8.04. The molecule has 1 aromatic carbocycles. The lowest BCUT2D eigenvalue weighted by molar-refractivity contribution is -0.142. The zero-order valence-electron chi connectivity index (χ0n) is 13.2. The lowest BCUT2D eigenvalue weighted by atomic mass is 10.0. The first-order valence-corrected chi connectivity index (χ1v) is 8.16. The highest BCUT2D eigenvalue weighted by molar-refractivity contribution is 8.00. The molecule has 0 fully saturated rings. The highest BCUT2D eigenvalue weighted by atomic mass is 32.2. The van der Waals surface area contributed by atoms with Gasteiger partial charge in [-0.25, -0.2) is 0 Å². The van der Waals surface area contributed by atoms with Gasteiger partial charge in [-0.15, -0.1) is 10.2 Å². The summed E-state index contributed by atoms with van der Waals surface area (Å²) in [5.74, 6) is 0.649. The second-order valence-electron chi connectivity index (χ2n) is 5.16. The molecule has 1 atom stereocenters. The van der Waals surface area contributed by atoms with Crippen LogP contribution in [0.3, 0.4) is 0 Å². The Morgan fingerprint density at radius 1 is 1.23 bits per heavy atom. The van der Waals surface area contributed by atoms with Gasteiger partial charge in [-0.1, -0.05) is 37.7 Å². The highest BCUT2D eigenvalue weighted by Gasteiger charge is 2.19. The van der Waals surface area contributed by atoms with Gasteiger partial charge in [0.2, 0.25) is 5.89 Å².